The van der Waals surface area contributed by atoms with E-state index >= 15 is 0 Å². The van der Waals surface area contributed by atoms with Gasteiger partial charge in [0.2, 0.25) is 0 Å². The quantitative estimate of drug-likeness (QED) is 0.495. The first-order valence-electron chi connectivity index (χ1n) is 10.0. The topological polar surface area (TPSA) is 55.1 Å². The van der Waals surface area contributed by atoms with Crippen LogP contribution in [-0.4, -0.2) is 20.6 Å². The Labute approximate surface area is 169 Å². The summed E-state index contributed by atoms with van der Waals surface area (Å²) in [7, 11) is 0. The zero-order chi connectivity index (χ0) is 19.8. The summed E-state index contributed by atoms with van der Waals surface area (Å²) in [6, 6.07) is 20.4. The highest BCUT2D eigenvalue weighted by Crippen LogP contribution is 2.40. The summed E-state index contributed by atoms with van der Waals surface area (Å²) in [6.45, 7) is 0.780. The minimum absolute atomic E-state index is 0.413. The summed E-state index contributed by atoms with van der Waals surface area (Å²) in [5, 5.41) is 10.7. The van der Waals surface area contributed by atoms with E-state index in [0.29, 0.717) is 17.9 Å². The van der Waals surface area contributed by atoms with Gasteiger partial charge in [0.25, 0.3) is 0 Å². The van der Waals surface area contributed by atoms with Crippen molar-refractivity contribution in [1.29, 1.82) is 0 Å². The van der Waals surface area contributed by atoms with Gasteiger partial charge in [0.05, 0.1) is 5.56 Å². The van der Waals surface area contributed by atoms with Crippen LogP contribution in [0.4, 0.5) is 0 Å². The number of hydrogen-bond donors (Lipinski definition) is 1. The number of benzene rings is 2. The fourth-order valence-electron chi connectivity index (χ4n) is 3.97. The van der Waals surface area contributed by atoms with Crippen LogP contribution in [0.1, 0.15) is 51.4 Å². The second-order valence-electron chi connectivity index (χ2n) is 7.86. The van der Waals surface area contributed by atoms with Gasteiger partial charge in [-0.2, -0.15) is 0 Å². The molecule has 0 bridgehead atoms. The van der Waals surface area contributed by atoms with Gasteiger partial charge in [-0.25, -0.2) is 9.78 Å². The molecule has 0 saturated heterocycles. The summed E-state index contributed by atoms with van der Waals surface area (Å²) in [6.07, 6.45) is 6.82. The second kappa shape index (κ2) is 7.21. The number of carboxylic acid groups (broad SMARTS) is 1. The molecule has 1 N–H and O–H groups in total. The van der Waals surface area contributed by atoms with E-state index in [9.17, 15) is 9.90 Å². The fourth-order valence-corrected chi connectivity index (χ4v) is 3.97. The molecule has 0 atom stereocenters. The van der Waals surface area contributed by atoms with Crippen molar-refractivity contribution in [3.63, 3.8) is 0 Å². The van der Waals surface area contributed by atoms with Crippen molar-refractivity contribution < 1.29 is 9.90 Å². The maximum Gasteiger partial charge on any atom is 0.335 e. The van der Waals surface area contributed by atoms with E-state index in [2.05, 4.69) is 46.1 Å². The molecule has 1 fully saturated rings. The minimum Gasteiger partial charge on any atom is -0.478 e. The minimum atomic E-state index is -0.856. The molecule has 29 heavy (non-hydrogen) atoms. The molecule has 1 saturated carbocycles. The van der Waals surface area contributed by atoms with Gasteiger partial charge in [-0.15, -0.1) is 0 Å². The van der Waals surface area contributed by atoms with Crippen molar-refractivity contribution in [2.75, 3.05) is 0 Å². The highest BCUT2D eigenvalue weighted by Gasteiger charge is 2.25. The maximum absolute atomic E-state index is 11.8. The Hall–Kier alpha value is -3.40. The molecule has 0 spiro atoms. The van der Waals surface area contributed by atoms with Crippen molar-refractivity contribution in [3.05, 3.63) is 101 Å². The van der Waals surface area contributed by atoms with Crippen LogP contribution in [0.25, 0.3) is 11.0 Å². The molecule has 0 amide bonds. The first kappa shape index (κ1) is 17.7. The second-order valence-corrected chi connectivity index (χ2v) is 7.86. The molecule has 2 aromatic heterocycles. The lowest BCUT2D eigenvalue weighted by Crippen LogP contribution is -2.05. The lowest BCUT2D eigenvalue weighted by Gasteiger charge is -2.09. The van der Waals surface area contributed by atoms with Crippen LogP contribution >= 0.6 is 0 Å². The van der Waals surface area contributed by atoms with E-state index in [1.54, 1.807) is 0 Å². The molecule has 0 unspecified atom stereocenters. The SMILES string of the molecule is O=C(O)c1cc(C2CC2)ccc1Cc1cnc2c(ccn2Cc2ccccc2)c1. The Bertz CT molecular complexity index is 1190. The lowest BCUT2D eigenvalue weighted by molar-refractivity contribution is 0.0695. The summed E-state index contributed by atoms with van der Waals surface area (Å²) < 4.78 is 2.14. The largest absolute Gasteiger partial charge is 0.478 e. The maximum atomic E-state index is 11.8. The number of nitrogens with zero attached hydrogens (tertiary/aromatic N) is 2. The highest BCUT2D eigenvalue weighted by atomic mass is 16.4. The Balaban J connectivity index is 1.42. The summed E-state index contributed by atoms with van der Waals surface area (Å²) in [5.41, 5.74) is 5.61. The van der Waals surface area contributed by atoms with Gasteiger partial charge in [-0.05, 0) is 65.6 Å². The van der Waals surface area contributed by atoms with Crippen LogP contribution in [-0.2, 0) is 13.0 Å². The summed E-state index contributed by atoms with van der Waals surface area (Å²) in [5.74, 6) is -0.310. The number of aromatic nitrogens is 2. The van der Waals surface area contributed by atoms with Crippen LogP contribution in [0, 0.1) is 0 Å². The third kappa shape index (κ3) is 3.66. The van der Waals surface area contributed by atoms with Gasteiger partial charge in [0, 0.05) is 24.3 Å². The predicted molar refractivity (Wildman–Crippen MR) is 113 cm³/mol. The zero-order valence-corrected chi connectivity index (χ0v) is 16.1. The van der Waals surface area contributed by atoms with Crippen LogP contribution in [0.3, 0.4) is 0 Å². The number of rotatable bonds is 6. The van der Waals surface area contributed by atoms with E-state index < -0.39 is 5.97 Å². The number of hydrogen-bond acceptors (Lipinski definition) is 2. The average Bonchev–Trinajstić information content (AvgIpc) is 3.51. The van der Waals surface area contributed by atoms with Gasteiger partial charge in [0.15, 0.2) is 0 Å². The fraction of sp³-hybridized carbons (Fsp3) is 0.200. The molecule has 144 valence electrons. The molecule has 0 radical (unpaired) electrons. The van der Waals surface area contributed by atoms with Crippen LogP contribution in [0.15, 0.2) is 73.1 Å². The van der Waals surface area contributed by atoms with Gasteiger partial charge in [0.1, 0.15) is 5.65 Å². The number of pyridine rings is 1. The van der Waals surface area contributed by atoms with Gasteiger partial charge in [-0.3, -0.25) is 0 Å². The van der Waals surface area contributed by atoms with Crippen LogP contribution in [0.5, 0.6) is 0 Å². The molecular weight excluding hydrogens is 360 g/mol. The molecular formula is C25H22N2O2. The molecule has 4 heteroatoms. The monoisotopic (exact) mass is 382 g/mol. The molecule has 1 aliphatic rings. The number of carboxylic acids is 1. The first-order chi connectivity index (χ1) is 14.2. The van der Waals surface area contributed by atoms with Crippen molar-refractivity contribution in [2.24, 2.45) is 0 Å². The van der Waals surface area contributed by atoms with Gasteiger partial charge >= 0.3 is 5.97 Å². The number of carbonyl (C=O) groups is 1. The van der Waals surface area contributed by atoms with E-state index in [-0.39, 0.29) is 0 Å². The molecule has 2 heterocycles. The standard InChI is InChI=1S/C25H22N2O2/c28-25(29)23-14-20(19-6-7-19)8-9-21(23)12-18-13-22-10-11-27(24(22)26-15-18)16-17-4-2-1-3-5-17/h1-5,8-11,13-15,19H,6-7,12,16H2,(H,28,29). The molecule has 2 aromatic carbocycles. The van der Waals surface area contributed by atoms with E-state index in [0.717, 1.165) is 34.3 Å². The van der Waals surface area contributed by atoms with Crippen molar-refractivity contribution in [2.45, 2.75) is 31.7 Å². The summed E-state index contributed by atoms with van der Waals surface area (Å²) in [4.78, 5) is 16.5. The Kier molecular flexibility index (Phi) is 4.39. The Morgan fingerprint density at radius 3 is 2.62 bits per heavy atom. The normalized spacial score (nSPS) is 13.7. The van der Waals surface area contributed by atoms with Crippen molar-refractivity contribution in [3.8, 4) is 0 Å². The average molecular weight is 382 g/mol. The summed E-state index contributed by atoms with van der Waals surface area (Å²) >= 11 is 0. The zero-order valence-electron chi connectivity index (χ0n) is 16.1. The van der Waals surface area contributed by atoms with Gasteiger partial charge < -0.3 is 9.67 Å². The van der Waals surface area contributed by atoms with E-state index in [4.69, 9.17) is 0 Å². The smallest absolute Gasteiger partial charge is 0.335 e. The molecule has 4 nitrogen and oxygen atoms in total. The molecule has 5 rings (SSSR count). The lowest BCUT2D eigenvalue weighted by atomic mass is 9.96. The van der Waals surface area contributed by atoms with Gasteiger partial charge in [-0.1, -0.05) is 42.5 Å². The number of aromatic carboxylic acids is 1. The highest BCUT2D eigenvalue weighted by molar-refractivity contribution is 5.90. The van der Waals surface area contributed by atoms with Crippen LogP contribution < -0.4 is 0 Å². The van der Waals surface area contributed by atoms with E-state index in [1.807, 2.05) is 36.5 Å². The third-order valence-electron chi connectivity index (χ3n) is 5.66. The third-order valence-corrected chi connectivity index (χ3v) is 5.66. The Morgan fingerprint density at radius 2 is 1.86 bits per heavy atom. The van der Waals surface area contributed by atoms with Crippen LogP contribution in [0.2, 0.25) is 0 Å². The molecule has 4 aromatic rings. The van der Waals surface area contributed by atoms with Crippen molar-refractivity contribution in [1.82, 2.24) is 9.55 Å². The predicted octanol–water partition coefficient (Wildman–Crippen LogP) is 5.25. The van der Waals surface area contributed by atoms with Crippen molar-refractivity contribution >= 4 is 17.0 Å². The van der Waals surface area contributed by atoms with E-state index in [1.165, 1.54) is 18.4 Å². The molecule has 0 aliphatic heterocycles. The number of fused-ring (bicyclic) bond motifs is 1. The Morgan fingerprint density at radius 1 is 1.03 bits per heavy atom. The molecule has 1 aliphatic carbocycles. The first-order valence-corrected chi connectivity index (χ1v) is 10.0.